The Balaban J connectivity index is 2.08. The number of aromatic amines is 1. The Kier molecular flexibility index (Phi) is 1.98. The fourth-order valence-electron chi connectivity index (χ4n) is 2.94. The number of rotatable bonds is 1. The van der Waals surface area contributed by atoms with Gasteiger partial charge in [-0.3, -0.25) is 14.3 Å². The van der Waals surface area contributed by atoms with Gasteiger partial charge in [0.05, 0.1) is 6.61 Å². The molecule has 20 heavy (non-hydrogen) atoms. The number of hydrogen-bond donors (Lipinski definition) is 5. The predicted octanol–water partition coefficient (Wildman–Crippen LogP) is -2.85. The Morgan fingerprint density at radius 2 is 2.25 bits per heavy atom. The minimum atomic E-state index is -1.87. The van der Waals surface area contributed by atoms with Crippen molar-refractivity contribution in [2.24, 2.45) is 0 Å². The molecule has 0 radical (unpaired) electrons. The Hall–Kier alpha value is -2.01. The number of aromatic nitrogens is 4. The van der Waals surface area contributed by atoms with Crippen molar-refractivity contribution in [3.05, 3.63) is 16.2 Å². The summed E-state index contributed by atoms with van der Waals surface area (Å²) in [5.41, 5.74) is 3.18. The summed E-state index contributed by atoms with van der Waals surface area (Å²) in [7, 11) is 0. The lowest BCUT2D eigenvalue weighted by Crippen LogP contribution is -2.45. The van der Waals surface area contributed by atoms with Gasteiger partial charge < -0.3 is 25.8 Å². The molecule has 0 saturated carbocycles. The van der Waals surface area contributed by atoms with Crippen LogP contribution in [-0.4, -0.2) is 53.7 Å². The molecule has 2 aromatic rings. The SMILES string of the molecule is Nc1nc2c(nc3n2[C@@H]2O[C@H](CO)[C@]3(O)[C@H]2O)c(=O)[nH]1. The number of hydrogen-bond acceptors (Lipinski definition) is 8. The highest BCUT2D eigenvalue weighted by molar-refractivity contribution is 5.73. The Morgan fingerprint density at radius 1 is 1.50 bits per heavy atom. The number of aliphatic hydroxyl groups excluding tert-OH is 2. The molecule has 0 amide bonds. The number of nitrogens with one attached hydrogen (secondary N) is 1. The summed E-state index contributed by atoms with van der Waals surface area (Å²) in [6.07, 6.45) is -3.28. The minimum absolute atomic E-state index is 0.00767. The van der Waals surface area contributed by atoms with Crippen molar-refractivity contribution < 1.29 is 20.1 Å². The first kappa shape index (κ1) is 11.8. The molecule has 4 heterocycles. The molecule has 4 rings (SSSR count). The molecular formula is C10H11N5O5. The van der Waals surface area contributed by atoms with Crippen LogP contribution >= 0.6 is 0 Å². The average Bonchev–Trinajstić information content (AvgIpc) is 2.95. The van der Waals surface area contributed by atoms with Crippen LogP contribution in [0.1, 0.15) is 12.1 Å². The van der Waals surface area contributed by atoms with Crippen molar-refractivity contribution in [1.29, 1.82) is 0 Å². The highest BCUT2D eigenvalue weighted by Crippen LogP contribution is 2.51. The highest BCUT2D eigenvalue weighted by Gasteiger charge is 2.65. The molecule has 1 saturated heterocycles. The second kappa shape index (κ2) is 3.35. The number of ether oxygens (including phenoxy) is 1. The quantitative estimate of drug-likeness (QED) is 0.373. The van der Waals surface area contributed by atoms with Crippen molar-refractivity contribution >= 4 is 17.1 Å². The molecule has 0 unspecified atom stereocenters. The van der Waals surface area contributed by atoms with E-state index in [1.807, 2.05) is 0 Å². The lowest BCUT2D eigenvalue weighted by molar-refractivity contribution is -0.116. The molecular weight excluding hydrogens is 270 g/mol. The largest absolute Gasteiger partial charge is 0.394 e. The Labute approximate surface area is 110 Å². The van der Waals surface area contributed by atoms with Crippen molar-refractivity contribution in [2.45, 2.75) is 24.0 Å². The van der Waals surface area contributed by atoms with Crippen LogP contribution in [-0.2, 0) is 10.3 Å². The number of imidazole rings is 1. The maximum atomic E-state index is 11.8. The summed E-state index contributed by atoms with van der Waals surface area (Å²) in [4.78, 5) is 22.1. The molecule has 4 atom stereocenters. The summed E-state index contributed by atoms with van der Waals surface area (Å²) >= 11 is 0. The Bertz CT molecular complexity index is 784. The third-order valence-corrected chi connectivity index (χ3v) is 3.86. The number of nitrogens with zero attached hydrogens (tertiary/aromatic N) is 3. The number of H-pyrrole nitrogens is 1. The second-order valence-corrected chi connectivity index (χ2v) is 4.90. The molecule has 2 bridgehead atoms. The summed E-state index contributed by atoms with van der Waals surface area (Å²) < 4.78 is 6.71. The third kappa shape index (κ3) is 1.07. The van der Waals surface area contributed by atoms with Crippen molar-refractivity contribution in [3.63, 3.8) is 0 Å². The van der Waals surface area contributed by atoms with Crippen molar-refractivity contribution in [2.75, 3.05) is 12.3 Å². The second-order valence-electron chi connectivity index (χ2n) is 4.90. The van der Waals surface area contributed by atoms with E-state index in [4.69, 9.17) is 10.5 Å². The normalized spacial score (nSPS) is 34.9. The molecule has 0 aromatic carbocycles. The van der Waals surface area contributed by atoms with Gasteiger partial charge in [-0.1, -0.05) is 0 Å². The highest BCUT2D eigenvalue weighted by atomic mass is 16.6. The van der Waals surface area contributed by atoms with Gasteiger partial charge in [0.2, 0.25) is 5.95 Å². The van der Waals surface area contributed by atoms with E-state index in [9.17, 15) is 20.1 Å². The smallest absolute Gasteiger partial charge is 0.280 e. The van der Waals surface area contributed by atoms with E-state index in [1.165, 1.54) is 4.57 Å². The van der Waals surface area contributed by atoms with E-state index in [0.29, 0.717) is 0 Å². The van der Waals surface area contributed by atoms with Crippen LogP contribution in [0.4, 0.5) is 5.95 Å². The molecule has 10 nitrogen and oxygen atoms in total. The van der Waals surface area contributed by atoms with Crippen LogP contribution in [0.3, 0.4) is 0 Å². The summed E-state index contributed by atoms with van der Waals surface area (Å²) in [5.74, 6) is -0.0629. The monoisotopic (exact) mass is 281 g/mol. The maximum absolute atomic E-state index is 11.8. The van der Waals surface area contributed by atoms with Gasteiger partial charge in [0.25, 0.3) is 5.56 Å². The van der Waals surface area contributed by atoms with Gasteiger partial charge >= 0.3 is 0 Å². The van der Waals surface area contributed by atoms with Crippen LogP contribution in [0.5, 0.6) is 0 Å². The standard InChI is InChI=1S/C10H11N5O5/c11-9-13-5-3(6(18)14-9)12-8-10(19)2(1-16)20-7(4(10)17)15(5)8/h2,4,7,16-17,19H,1H2,(H3,11,13,14,18)/t2-,4+,7-,10+/m1/s1. The zero-order valence-electron chi connectivity index (χ0n) is 10.0. The van der Waals surface area contributed by atoms with Gasteiger partial charge in [-0.2, -0.15) is 4.98 Å². The number of nitrogens with two attached hydrogens (primary N) is 1. The average molecular weight is 281 g/mol. The third-order valence-electron chi connectivity index (χ3n) is 3.86. The van der Waals surface area contributed by atoms with E-state index in [0.717, 1.165) is 0 Å². The first-order chi connectivity index (χ1) is 9.48. The van der Waals surface area contributed by atoms with Gasteiger partial charge in [0.15, 0.2) is 28.8 Å². The number of anilines is 1. The zero-order valence-corrected chi connectivity index (χ0v) is 10.0. The van der Waals surface area contributed by atoms with Crippen LogP contribution in [0, 0.1) is 0 Å². The first-order valence-electron chi connectivity index (χ1n) is 5.93. The molecule has 0 aliphatic carbocycles. The van der Waals surface area contributed by atoms with E-state index in [2.05, 4.69) is 15.0 Å². The van der Waals surface area contributed by atoms with Crippen LogP contribution in [0.25, 0.3) is 11.2 Å². The summed E-state index contributed by atoms with van der Waals surface area (Å²) in [6.45, 7) is -0.487. The molecule has 0 spiro atoms. The van der Waals surface area contributed by atoms with E-state index >= 15 is 0 Å². The zero-order chi connectivity index (χ0) is 14.2. The van der Waals surface area contributed by atoms with Crippen molar-refractivity contribution in [1.82, 2.24) is 19.5 Å². The Morgan fingerprint density at radius 3 is 2.95 bits per heavy atom. The van der Waals surface area contributed by atoms with Gasteiger partial charge in [-0.05, 0) is 0 Å². The molecule has 2 aliphatic rings. The number of fused-ring (bicyclic) bond motifs is 7. The molecule has 1 fully saturated rings. The summed E-state index contributed by atoms with van der Waals surface area (Å²) in [5, 5.41) is 29.9. The van der Waals surface area contributed by atoms with E-state index in [-0.39, 0.29) is 22.9 Å². The molecule has 2 aromatic heterocycles. The number of nitrogen functional groups attached to an aromatic ring is 1. The lowest BCUT2D eigenvalue weighted by Gasteiger charge is -2.27. The van der Waals surface area contributed by atoms with Gasteiger partial charge in [0, 0.05) is 0 Å². The molecule has 106 valence electrons. The van der Waals surface area contributed by atoms with Crippen LogP contribution in [0.2, 0.25) is 0 Å². The van der Waals surface area contributed by atoms with Crippen LogP contribution < -0.4 is 11.3 Å². The summed E-state index contributed by atoms with van der Waals surface area (Å²) in [6, 6.07) is 0. The topological polar surface area (TPSA) is 160 Å². The van der Waals surface area contributed by atoms with Gasteiger partial charge in [0.1, 0.15) is 12.2 Å². The molecule has 10 heteroatoms. The minimum Gasteiger partial charge on any atom is -0.394 e. The molecule has 6 N–H and O–H groups in total. The molecule has 2 aliphatic heterocycles. The maximum Gasteiger partial charge on any atom is 0.280 e. The fourth-order valence-corrected chi connectivity index (χ4v) is 2.94. The van der Waals surface area contributed by atoms with Gasteiger partial charge in [-0.25, -0.2) is 4.98 Å². The van der Waals surface area contributed by atoms with Gasteiger partial charge in [-0.15, -0.1) is 0 Å². The first-order valence-corrected chi connectivity index (χ1v) is 5.93. The van der Waals surface area contributed by atoms with Crippen molar-refractivity contribution in [3.8, 4) is 0 Å². The van der Waals surface area contributed by atoms with Crippen LogP contribution in [0.15, 0.2) is 4.79 Å². The predicted molar refractivity (Wildman–Crippen MR) is 63.5 cm³/mol. The lowest BCUT2D eigenvalue weighted by atomic mass is 9.94. The van der Waals surface area contributed by atoms with E-state index < -0.39 is 36.2 Å². The number of aliphatic hydroxyl groups is 3. The fraction of sp³-hybridized carbons (Fsp3) is 0.500. The van der Waals surface area contributed by atoms with E-state index in [1.54, 1.807) is 0 Å².